The maximum atomic E-state index is 12.2. The summed E-state index contributed by atoms with van der Waals surface area (Å²) >= 11 is 0. The number of guanidine groups is 1. The van der Waals surface area contributed by atoms with Crippen molar-refractivity contribution in [2.45, 2.75) is 77.4 Å². The third kappa shape index (κ3) is 7.98. The van der Waals surface area contributed by atoms with Crippen LogP contribution in [0.5, 0.6) is 0 Å². The van der Waals surface area contributed by atoms with Gasteiger partial charge in [0.2, 0.25) is 5.91 Å². The lowest BCUT2D eigenvalue weighted by Crippen LogP contribution is -2.46. The lowest BCUT2D eigenvalue weighted by atomic mass is 9.95. The number of carbonyl (C=O) groups excluding carboxylic acids is 1. The fourth-order valence-electron chi connectivity index (χ4n) is 4.33. The van der Waals surface area contributed by atoms with E-state index in [1.54, 1.807) is 0 Å². The van der Waals surface area contributed by atoms with Crippen molar-refractivity contribution in [3.63, 3.8) is 0 Å². The summed E-state index contributed by atoms with van der Waals surface area (Å²) in [4.78, 5) is 19.4. The second-order valence-corrected chi connectivity index (χ2v) is 8.60. The Morgan fingerprint density at radius 3 is 2.33 bits per heavy atom. The molecular formula is C24H39N5O. The molecule has 1 aliphatic heterocycles. The molecule has 2 fully saturated rings. The van der Waals surface area contributed by atoms with Gasteiger partial charge in [-0.2, -0.15) is 0 Å². The number of rotatable bonds is 8. The molecule has 0 aromatic heterocycles. The Morgan fingerprint density at radius 2 is 1.63 bits per heavy atom. The highest BCUT2D eigenvalue weighted by Crippen LogP contribution is 2.17. The van der Waals surface area contributed by atoms with Crippen molar-refractivity contribution < 1.29 is 4.79 Å². The van der Waals surface area contributed by atoms with Crippen LogP contribution in [0.15, 0.2) is 29.3 Å². The number of nitrogens with one attached hydrogen (secondary N) is 3. The molecule has 2 aliphatic rings. The number of piperidine rings is 1. The van der Waals surface area contributed by atoms with E-state index in [0.717, 1.165) is 25.9 Å². The van der Waals surface area contributed by atoms with E-state index in [1.807, 2.05) is 6.92 Å². The van der Waals surface area contributed by atoms with Gasteiger partial charge in [0.25, 0.3) is 0 Å². The van der Waals surface area contributed by atoms with Crippen LogP contribution >= 0.6 is 0 Å². The van der Waals surface area contributed by atoms with Gasteiger partial charge in [-0.3, -0.25) is 9.69 Å². The van der Waals surface area contributed by atoms with Crippen LogP contribution in [0.25, 0.3) is 0 Å². The molecule has 0 radical (unpaired) electrons. The lowest BCUT2D eigenvalue weighted by molar-refractivity contribution is -0.120. The van der Waals surface area contributed by atoms with Crippen molar-refractivity contribution >= 4 is 11.9 Å². The first-order chi connectivity index (χ1) is 14.7. The topological polar surface area (TPSA) is 68.8 Å². The van der Waals surface area contributed by atoms with Gasteiger partial charge in [-0.1, -0.05) is 49.9 Å². The molecule has 0 unspecified atom stereocenters. The number of amides is 1. The summed E-state index contributed by atoms with van der Waals surface area (Å²) in [5.41, 5.74) is 2.55. The first kappa shape index (κ1) is 22.6. The molecule has 166 valence electrons. The van der Waals surface area contributed by atoms with E-state index >= 15 is 0 Å². The SMILES string of the molecule is CCNC(=NCc1ccc(CN2CCCCC2)cc1)NCC(=O)NC1CCCCC1. The normalized spacial score (nSPS) is 18.8. The number of benzene rings is 1. The summed E-state index contributed by atoms with van der Waals surface area (Å²) < 4.78 is 0. The molecule has 1 amide bonds. The summed E-state index contributed by atoms with van der Waals surface area (Å²) in [5, 5.41) is 9.54. The summed E-state index contributed by atoms with van der Waals surface area (Å²) in [6.45, 7) is 7.15. The number of likely N-dealkylation sites (tertiary alicyclic amines) is 1. The fraction of sp³-hybridized carbons (Fsp3) is 0.667. The van der Waals surface area contributed by atoms with Crippen LogP contribution in [-0.4, -0.2) is 49.0 Å². The third-order valence-electron chi connectivity index (χ3n) is 6.03. The Bertz CT molecular complexity index is 661. The van der Waals surface area contributed by atoms with E-state index in [9.17, 15) is 4.79 Å². The van der Waals surface area contributed by atoms with Gasteiger partial charge >= 0.3 is 0 Å². The van der Waals surface area contributed by atoms with Gasteiger partial charge in [-0.25, -0.2) is 4.99 Å². The van der Waals surface area contributed by atoms with E-state index in [1.165, 1.54) is 62.7 Å². The summed E-state index contributed by atoms with van der Waals surface area (Å²) in [7, 11) is 0. The van der Waals surface area contributed by atoms with Gasteiger partial charge in [0.1, 0.15) is 0 Å². The molecule has 1 heterocycles. The van der Waals surface area contributed by atoms with Gasteiger partial charge in [0.15, 0.2) is 5.96 Å². The molecule has 0 spiro atoms. The zero-order chi connectivity index (χ0) is 21.0. The van der Waals surface area contributed by atoms with Crippen LogP contribution in [0, 0.1) is 0 Å². The molecule has 3 rings (SSSR count). The largest absolute Gasteiger partial charge is 0.357 e. The first-order valence-electron chi connectivity index (χ1n) is 11.8. The summed E-state index contributed by atoms with van der Waals surface area (Å²) in [6.07, 6.45) is 9.97. The number of aliphatic imine (C=N–C) groups is 1. The minimum absolute atomic E-state index is 0.0505. The Labute approximate surface area is 181 Å². The smallest absolute Gasteiger partial charge is 0.239 e. The second kappa shape index (κ2) is 12.6. The predicted octanol–water partition coefficient (Wildman–Crippen LogP) is 3.18. The first-order valence-corrected chi connectivity index (χ1v) is 11.8. The standard InChI is InChI=1S/C24H39N5O/c1-2-25-24(27-18-23(30)28-22-9-5-3-6-10-22)26-17-20-11-13-21(14-12-20)19-29-15-7-4-8-16-29/h11-14,22H,2-10,15-19H2,1H3,(H,28,30)(H2,25,26,27). The van der Waals surface area contributed by atoms with Crippen LogP contribution in [0.2, 0.25) is 0 Å². The molecular weight excluding hydrogens is 374 g/mol. The molecule has 6 nitrogen and oxygen atoms in total. The van der Waals surface area contributed by atoms with Crippen molar-refractivity contribution in [1.82, 2.24) is 20.9 Å². The zero-order valence-corrected chi connectivity index (χ0v) is 18.6. The molecule has 30 heavy (non-hydrogen) atoms. The van der Waals surface area contributed by atoms with E-state index in [4.69, 9.17) is 0 Å². The minimum atomic E-state index is 0.0505. The monoisotopic (exact) mass is 413 g/mol. The van der Waals surface area contributed by atoms with E-state index < -0.39 is 0 Å². The van der Waals surface area contributed by atoms with Crippen molar-refractivity contribution in [2.24, 2.45) is 4.99 Å². The molecule has 1 aliphatic carbocycles. The number of hydrogen-bond donors (Lipinski definition) is 3. The van der Waals surface area contributed by atoms with Crippen LogP contribution in [0.3, 0.4) is 0 Å². The molecule has 1 aromatic carbocycles. The molecule has 1 saturated carbocycles. The summed E-state index contributed by atoms with van der Waals surface area (Å²) in [5.74, 6) is 0.739. The van der Waals surface area contributed by atoms with Crippen LogP contribution in [0.1, 0.15) is 69.4 Å². The maximum Gasteiger partial charge on any atom is 0.239 e. The van der Waals surface area contributed by atoms with Gasteiger partial charge in [-0.05, 0) is 56.8 Å². The number of nitrogens with zero attached hydrogens (tertiary/aromatic N) is 2. The molecule has 1 aromatic rings. The Morgan fingerprint density at radius 1 is 0.967 bits per heavy atom. The van der Waals surface area contributed by atoms with E-state index in [2.05, 4.69) is 50.1 Å². The molecule has 6 heteroatoms. The second-order valence-electron chi connectivity index (χ2n) is 8.60. The van der Waals surface area contributed by atoms with Gasteiger partial charge in [0, 0.05) is 19.1 Å². The van der Waals surface area contributed by atoms with Crippen molar-refractivity contribution in [2.75, 3.05) is 26.2 Å². The van der Waals surface area contributed by atoms with E-state index in [-0.39, 0.29) is 12.5 Å². The third-order valence-corrected chi connectivity index (χ3v) is 6.03. The highest BCUT2D eigenvalue weighted by molar-refractivity contribution is 5.86. The molecule has 3 N–H and O–H groups in total. The van der Waals surface area contributed by atoms with Gasteiger partial charge in [0.05, 0.1) is 13.1 Å². The minimum Gasteiger partial charge on any atom is -0.357 e. The number of carbonyl (C=O) groups is 1. The van der Waals surface area contributed by atoms with Crippen LogP contribution in [-0.2, 0) is 17.9 Å². The Kier molecular flexibility index (Phi) is 9.48. The molecule has 1 saturated heterocycles. The lowest BCUT2D eigenvalue weighted by Gasteiger charge is -2.26. The average molecular weight is 414 g/mol. The van der Waals surface area contributed by atoms with Crippen molar-refractivity contribution in [3.8, 4) is 0 Å². The zero-order valence-electron chi connectivity index (χ0n) is 18.6. The van der Waals surface area contributed by atoms with Crippen molar-refractivity contribution in [3.05, 3.63) is 35.4 Å². The highest BCUT2D eigenvalue weighted by Gasteiger charge is 2.15. The van der Waals surface area contributed by atoms with Gasteiger partial charge < -0.3 is 16.0 Å². The van der Waals surface area contributed by atoms with Gasteiger partial charge in [-0.15, -0.1) is 0 Å². The summed E-state index contributed by atoms with van der Waals surface area (Å²) in [6, 6.07) is 9.12. The quantitative estimate of drug-likeness (QED) is 0.452. The van der Waals surface area contributed by atoms with E-state index in [0.29, 0.717) is 18.5 Å². The van der Waals surface area contributed by atoms with Crippen LogP contribution < -0.4 is 16.0 Å². The fourth-order valence-corrected chi connectivity index (χ4v) is 4.33. The van der Waals surface area contributed by atoms with Crippen molar-refractivity contribution in [1.29, 1.82) is 0 Å². The predicted molar refractivity (Wildman–Crippen MR) is 123 cm³/mol. The highest BCUT2D eigenvalue weighted by atomic mass is 16.2. The Balaban J connectivity index is 1.44. The molecule has 0 bridgehead atoms. The number of hydrogen-bond acceptors (Lipinski definition) is 3. The maximum absolute atomic E-state index is 12.2. The average Bonchev–Trinajstić information content (AvgIpc) is 2.78. The molecule has 0 atom stereocenters. The Hall–Kier alpha value is -2.08. The van der Waals surface area contributed by atoms with Crippen LogP contribution in [0.4, 0.5) is 0 Å².